The highest BCUT2D eigenvalue weighted by atomic mass is 19.1. The third-order valence-electron chi connectivity index (χ3n) is 3.10. The summed E-state index contributed by atoms with van der Waals surface area (Å²) in [6.07, 6.45) is 2.07. The van der Waals surface area contributed by atoms with Crippen molar-refractivity contribution in [1.29, 1.82) is 0 Å². The minimum Gasteiger partial charge on any atom is -0.312 e. The molecule has 88 valence electrons. The van der Waals surface area contributed by atoms with Crippen LogP contribution in [-0.2, 0) is 0 Å². The first-order valence-electron chi connectivity index (χ1n) is 5.58. The van der Waals surface area contributed by atoms with Crippen molar-refractivity contribution < 1.29 is 8.78 Å². The van der Waals surface area contributed by atoms with E-state index >= 15 is 0 Å². The van der Waals surface area contributed by atoms with E-state index in [1.165, 1.54) is 12.1 Å². The highest BCUT2D eigenvalue weighted by Crippen LogP contribution is 2.25. The number of nitrogens with one attached hydrogen (secondary N) is 2. The van der Waals surface area contributed by atoms with E-state index in [1.54, 1.807) is 7.05 Å². The summed E-state index contributed by atoms with van der Waals surface area (Å²) >= 11 is 0. The number of rotatable bonds is 3. The molecule has 2 atom stereocenters. The van der Waals surface area contributed by atoms with Crippen molar-refractivity contribution in [2.45, 2.75) is 24.9 Å². The van der Waals surface area contributed by atoms with Crippen LogP contribution in [0.5, 0.6) is 0 Å². The minimum absolute atomic E-state index is 0.168. The Balaban J connectivity index is 2.28. The van der Waals surface area contributed by atoms with Gasteiger partial charge in [-0.1, -0.05) is 0 Å². The largest absolute Gasteiger partial charge is 0.312 e. The third-order valence-corrected chi connectivity index (χ3v) is 3.10. The molecule has 2 nitrogen and oxygen atoms in total. The number of hydrogen-bond donors (Lipinski definition) is 2. The average Bonchev–Trinajstić information content (AvgIpc) is 2.78. The van der Waals surface area contributed by atoms with E-state index in [0.717, 1.165) is 25.5 Å². The smallest absolute Gasteiger partial charge is 0.128 e. The molecule has 2 unspecified atom stereocenters. The summed E-state index contributed by atoms with van der Waals surface area (Å²) in [5, 5.41) is 6.36. The SMILES string of the molecule is CNC(c1cc(F)ccc1F)C1CCCN1. The summed E-state index contributed by atoms with van der Waals surface area (Å²) in [6, 6.07) is 3.62. The molecule has 2 rings (SSSR count). The lowest BCUT2D eigenvalue weighted by Crippen LogP contribution is -2.36. The predicted octanol–water partition coefficient (Wildman–Crippen LogP) is 1.98. The number of benzene rings is 1. The summed E-state index contributed by atoms with van der Waals surface area (Å²) < 4.78 is 26.7. The molecule has 1 aliphatic rings. The first-order valence-corrected chi connectivity index (χ1v) is 5.58. The molecule has 1 aromatic carbocycles. The zero-order valence-electron chi connectivity index (χ0n) is 9.26. The predicted molar refractivity (Wildman–Crippen MR) is 59.2 cm³/mol. The highest BCUT2D eigenvalue weighted by Gasteiger charge is 2.26. The maximum Gasteiger partial charge on any atom is 0.128 e. The van der Waals surface area contributed by atoms with Gasteiger partial charge in [-0.05, 0) is 44.6 Å². The van der Waals surface area contributed by atoms with Gasteiger partial charge in [-0.3, -0.25) is 0 Å². The van der Waals surface area contributed by atoms with Gasteiger partial charge in [0.15, 0.2) is 0 Å². The summed E-state index contributed by atoms with van der Waals surface area (Å²) in [5.41, 5.74) is 0.405. The van der Waals surface area contributed by atoms with E-state index < -0.39 is 5.82 Å². The van der Waals surface area contributed by atoms with E-state index in [4.69, 9.17) is 0 Å². The van der Waals surface area contributed by atoms with Crippen LogP contribution in [0.3, 0.4) is 0 Å². The first-order chi connectivity index (χ1) is 7.72. The lowest BCUT2D eigenvalue weighted by atomic mass is 9.97. The summed E-state index contributed by atoms with van der Waals surface area (Å²) in [5.74, 6) is -0.746. The van der Waals surface area contributed by atoms with Crippen molar-refractivity contribution in [3.05, 3.63) is 35.4 Å². The molecular weight excluding hydrogens is 210 g/mol. The highest BCUT2D eigenvalue weighted by molar-refractivity contribution is 5.24. The van der Waals surface area contributed by atoms with Gasteiger partial charge in [-0.25, -0.2) is 8.78 Å². The monoisotopic (exact) mass is 226 g/mol. The lowest BCUT2D eigenvalue weighted by molar-refractivity contribution is 0.421. The molecule has 1 aromatic rings. The Hall–Kier alpha value is -1.00. The molecule has 0 bridgehead atoms. The Morgan fingerprint density at radius 3 is 2.88 bits per heavy atom. The number of halogens is 2. The van der Waals surface area contributed by atoms with Crippen LogP contribution in [0.15, 0.2) is 18.2 Å². The molecule has 4 heteroatoms. The Morgan fingerprint density at radius 2 is 2.25 bits per heavy atom. The van der Waals surface area contributed by atoms with E-state index in [2.05, 4.69) is 10.6 Å². The van der Waals surface area contributed by atoms with Crippen molar-refractivity contribution in [1.82, 2.24) is 10.6 Å². The normalized spacial score (nSPS) is 22.3. The van der Waals surface area contributed by atoms with Crippen LogP contribution in [0.25, 0.3) is 0 Å². The molecule has 0 saturated carbocycles. The van der Waals surface area contributed by atoms with Gasteiger partial charge in [0.05, 0.1) is 6.04 Å². The first kappa shape index (κ1) is 11.5. The van der Waals surface area contributed by atoms with Crippen LogP contribution in [0.2, 0.25) is 0 Å². The summed E-state index contributed by atoms with van der Waals surface area (Å²) in [7, 11) is 1.77. The van der Waals surface area contributed by atoms with Gasteiger partial charge >= 0.3 is 0 Å². The van der Waals surface area contributed by atoms with Gasteiger partial charge < -0.3 is 10.6 Å². The summed E-state index contributed by atoms with van der Waals surface area (Å²) in [6.45, 7) is 0.944. The molecule has 16 heavy (non-hydrogen) atoms. The van der Waals surface area contributed by atoms with Gasteiger partial charge in [-0.15, -0.1) is 0 Å². The Kier molecular flexibility index (Phi) is 3.51. The van der Waals surface area contributed by atoms with Gasteiger partial charge in [0.1, 0.15) is 11.6 Å². The maximum absolute atomic E-state index is 13.6. The van der Waals surface area contributed by atoms with E-state index in [1.807, 2.05) is 0 Å². The standard InChI is InChI=1S/C12H16F2N2/c1-15-12(11-3-2-6-16-11)9-7-8(13)4-5-10(9)14/h4-5,7,11-12,15-16H,2-3,6H2,1H3. The van der Waals surface area contributed by atoms with Crippen LogP contribution >= 0.6 is 0 Å². The molecule has 0 aliphatic carbocycles. The quantitative estimate of drug-likeness (QED) is 0.823. The van der Waals surface area contributed by atoms with E-state index in [-0.39, 0.29) is 17.9 Å². The zero-order valence-corrected chi connectivity index (χ0v) is 9.26. The molecule has 1 heterocycles. The van der Waals surface area contributed by atoms with Crippen LogP contribution in [-0.4, -0.2) is 19.6 Å². The molecule has 2 N–H and O–H groups in total. The summed E-state index contributed by atoms with van der Waals surface area (Å²) in [4.78, 5) is 0. The average molecular weight is 226 g/mol. The second kappa shape index (κ2) is 4.89. The molecule has 1 saturated heterocycles. The van der Waals surface area contributed by atoms with Crippen molar-refractivity contribution in [2.75, 3.05) is 13.6 Å². The van der Waals surface area contributed by atoms with Crippen molar-refractivity contribution in [2.24, 2.45) is 0 Å². The molecular formula is C12H16F2N2. The Morgan fingerprint density at radius 1 is 1.44 bits per heavy atom. The molecule has 1 aliphatic heterocycles. The Labute approximate surface area is 94.0 Å². The van der Waals surface area contributed by atoms with Gasteiger partial charge in [-0.2, -0.15) is 0 Å². The number of hydrogen-bond acceptors (Lipinski definition) is 2. The molecule has 0 aromatic heterocycles. The fraction of sp³-hybridized carbons (Fsp3) is 0.500. The molecule has 0 amide bonds. The van der Waals surface area contributed by atoms with Crippen LogP contribution in [0.4, 0.5) is 8.78 Å². The van der Waals surface area contributed by atoms with Gasteiger partial charge in [0.25, 0.3) is 0 Å². The lowest BCUT2D eigenvalue weighted by Gasteiger charge is -2.24. The van der Waals surface area contributed by atoms with Crippen LogP contribution in [0.1, 0.15) is 24.4 Å². The van der Waals surface area contributed by atoms with Crippen molar-refractivity contribution >= 4 is 0 Å². The third kappa shape index (κ3) is 2.23. The topological polar surface area (TPSA) is 24.1 Å². The fourth-order valence-corrected chi connectivity index (χ4v) is 2.32. The maximum atomic E-state index is 13.6. The molecule has 1 fully saturated rings. The van der Waals surface area contributed by atoms with E-state index in [0.29, 0.717) is 5.56 Å². The van der Waals surface area contributed by atoms with Crippen molar-refractivity contribution in [3.63, 3.8) is 0 Å². The number of likely N-dealkylation sites (N-methyl/N-ethyl adjacent to an activating group) is 1. The minimum atomic E-state index is -0.394. The van der Waals surface area contributed by atoms with Crippen molar-refractivity contribution in [3.8, 4) is 0 Å². The fourth-order valence-electron chi connectivity index (χ4n) is 2.32. The van der Waals surface area contributed by atoms with Gasteiger partial charge in [0, 0.05) is 11.6 Å². The zero-order chi connectivity index (χ0) is 11.5. The Bertz CT molecular complexity index is 362. The van der Waals surface area contributed by atoms with Crippen LogP contribution in [0, 0.1) is 11.6 Å². The van der Waals surface area contributed by atoms with Crippen LogP contribution < -0.4 is 10.6 Å². The second-order valence-corrected chi connectivity index (χ2v) is 4.14. The molecule has 0 radical (unpaired) electrons. The van der Waals surface area contributed by atoms with Gasteiger partial charge in [0.2, 0.25) is 0 Å². The van der Waals surface area contributed by atoms with E-state index in [9.17, 15) is 8.78 Å². The second-order valence-electron chi connectivity index (χ2n) is 4.14. The molecule has 0 spiro atoms.